The van der Waals surface area contributed by atoms with E-state index < -0.39 is 12.3 Å². The molecule has 0 radical (unpaired) electrons. The molecular weight excluding hydrogens is 302 g/mol. The highest BCUT2D eigenvalue weighted by Gasteiger charge is 2.22. The number of ether oxygens (including phenoxy) is 3. The summed E-state index contributed by atoms with van der Waals surface area (Å²) in [4.78, 5) is 11.7. The van der Waals surface area contributed by atoms with E-state index in [4.69, 9.17) is 19.9 Å². The van der Waals surface area contributed by atoms with Crippen LogP contribution in [-0.4, -0.2) is 12.6 Å². The van der Waals surface area contributed by atoms with Gasteiger partial charge >= 0.3 is 5.97 Å². The monoisotopic (exact) mass is 313 g/mol. The van der Waals surface area contributed by atoms with Gasteiger partial charge in [0.05, 0.1) is 12.2 Å². The third kappa shape index (κ3) is 2.43. The topological polar surface area (TPSA) is 70.8 Å². The molecular formula is C12H12BrNO4. The smallest absolute Gasteiger partial charge is 0.340 e. The van der Waals surface area contributed by atoms with Gasteiger partial charge in [0.25, 0.3) is 6.29 Å². The second-order valence-electron chi connectivity index (χ2n) is 3.56. The maximum absolute atomic E-state index is 11.7. The average molecular weight is 314 g/mol. The van der Waals surface area contributed by atoms with Gasteiger partial charge in [0.1, 0.15) is 12.5 Å². The summed E-state index contributed by atoms with van der Waals surface area (Å²) in [6.45, 7) is 2.04. The maximum Gasteiger partial charge on any atom is 0.340 e. The van der Waals surface area contributed by atoms with Gasteiger partial charge in [0.15, 0.2) is 0 Å². The molecule has 0 unspecified atom stereocenters. The van der Waals surface area contributed by atoms with E-state index in [9.17, 15) is 4.79 Å². The Kier molecular flexibility index (Phi) is 3.76. The van der Waals surface area contributed by atoms with E-state index in [-0.39, 0.29) is 0 Å². The van der Waals surface area contributed by atoms with Crippen molar-refractivity contribution >= 4 is 27.6 Å². The highest BCUT2D eigenvalue weighted by molar-refractivity contribution is 9.10. The van der Waals surface area contributed by atoms with E-state index in [1.807, 2.05) is 0 Å². The van der Waals surface area contributed by atoms with Crippen molar-refractivity contribution in [3.8, 4) is 0 Å². The molecule has 0 spiro atoms. The highest BCUT2D eigenvalue weighted by atomic mass is 79.9. The van der Waals surface area contributed by atoms with Gasteiger partial charge in [-0.15, -0.1) is 0 Å². The lowest BCUT2D eigenvalue weighted by atomic mass is 10.1. The van der Waals surface area contributed by atoms with Gasteiger partial charge in [-0.1, -0.05) is 15.9 Å². The molecule has 0 amide bonds. The summed E-state index contributed by atoms with van der Waals surface area (Å²) < 4.78 is 16.0. The number of halogens is 1. The molecule has 0 bridgehead atoms. The Bertz CT molecular complexity index is 493. The predicted octanol–water partition coefficient (Wildman–Crippen LogP) is 2.72. The Hall–Kier alpha value is -1.69. The summed E-state index contributed by atoms with van der Waals surface area (Å²) in [5.41, 5.74) is 7.19. The lowest BCUT2D eigenvalue weighted by molar-refractivity contribution is -0.0251. The number of benzene rings is 1. The largest absolute Gasteiger partial charge is 0.462 e. The first kappa shape index (κ1) is 12.8. The van der Waals surface area contributed by atoms with Crippen molar-refractivity contribution < 1.29 is 19.0 Å². The Morgan fingerprint density at radius 1 is 1.44 bits per heavy atom. The quantitative estimate of drug-likeness (QED) is 0.686. The number of nitrogens with two attached hydrogens (primary N) is 1. The molecule has 0 atom stereocenters. The lowest BCUT2D eigenvalue weighted by Crippen LogP contribution is -2.10. The number of carbonyl (C=O) groups excluding carboxylic acids is 1. The lowest BCUT2D eigenvalue weighted by Gasteiger charge is -2.14. The van der Waals surface area contributed by atoms with Crippen LogP contribution in [0.3, 0.4) is 0 Å². The van der Waals surface area contributed by atoms with Crippen molar-refractivity contribution in [1.29, 1.82) is 0 Å². The first-order chi connectivity index (χ1) is 8.63. The summed E-state index contributed by atoms with van der Waals surface area (Å²) in [6.07, 6.45) is 2.36. The molecule has 96 valence electrons. The van der Waals surface area contributed by atoms with Gasteiger partial charge in [-0.2, -0.15) is 0 Å². The molecule has 1 aliphatic heterocycles. The maximum atomic E-state index is 11.7. The first-order valence-corrected chi connectivity index (χ1v) is 6.14. The number of hydrogen-bond donors (Lipinski definition) is 1. The second-order valence-corrected chi connectivity index (χ2v) is 4.41. The standard InChI is InChI=1S/C12H12BrNO4/c1-2-16-11(15)8-5-9(13)7(6-10(8)14)12-17-3-4-18-12/h3-6,12H,2,14H2,1H3. The van der Waals surface area contributed by atoms with Crippen molar-refractivity contribution in [3.05, 3.63) is 40.3 Å². The van der Waals surface area contributed by atoms with Crippen LogP contribution in [0, 0.1) is 0 Å². The Balaban J connectivity index is 2.31. The van der Waals surface area contributed by atoms with Crippen LogP contribution in [0.25, 0.3) is 0 Å². The Labute approximate surface area is 113 Å². The molecule has 2 rings (SSSR count). The zero-order valence-electron chi connectivity index (χ0n) is 9.68. The van der Waals surface area contributed by atoms with Crippen LogP contribution in [0.15, 0.2) is 29.1 Å². The van der Waals surface area contributed by atoms with E-state index in [0.717, 1.165) is 0 Å². The molecule has 0 aliphatic carbocycles. The van der Waals surface area contributed by atoms with Gasteiger partial charge in [0.2, 0.25) is 0 Å². The van der Waals surface area contributed by atoms with Crippen LogP contribution in [0.5, 0.6) is 0 Å². The van der Waals surface area contributed by atoms with E-state index in [0.29, 0.717) is 27.9 Å². The molecule has 1 heterocycles. The summed E-state index contributed by atoms with van der Waals surface area (Å²) >= 11 is 3.36. The second kappa shape index (κ2) is 5.30. The molecule has 2 N–H and O–H groups in total. The first-order valence-electron chi connectivity index (χ1n) is 5.35. The predicted molar refractivity (Wildman–Crippen MR) is 68.6 cm³/mol. The van der Waals surface area contributed by atoms with E-state index in [2.05, 4.69) is 15.9 Å². The van der Waals surface area contributed by atoms with Crippen LogP contribution >= 0.6 is 15.9 Å². The number of nitrogen functional groups attached to an aromatic ring is 1. The fraction of sp³-hybridized carbons (Fsp3) is 0.250. The molecule has 1 aromatic carbocycles. The molecule has 0 saturated heterocycles. The molecule has 1 aromatic rings. The van der Waals surface area contributed by atoms with Crippen molar-refractivity contribution in [2.45, 2.75) is 13.2 Å². The summed E-state index contributed by atoms with van der Waals surface area (Å²) in [6, 6.07) is 3.24. The molecule has 0 fully saturated rings. The number of esters is 1. The van der Waals surface area contributed by atoms with Gasteiger partial charge in [-0.3, -0.25) is 0 Å². The van der Waals surface area contributed by atoms with Gasteiger partial charge < -0.3 is 19.9 Å². The minimum Gasteiger partial charge on any atom is -0.462 e. The third-order valence-corrected chi connectivity index (χ3v) is 3.06. The van der Waals surface area contributed by atoms with E-state index >= 15 is 0 Å². The van der Waals surface area contributed by atoms with Gasteiger partial charge in [-0.25, -0.2) is 4.79 Å². The Morgan fingerprint density at radius 2 is 2.11 bits per heavy atom. The van der Waals surface area contributed by atoms with Gasteiger partial charge in [-0.05, 0) is 19.1 Å². The molecule has 0 aromatic heterocycles. The van der Waals surface area contributed by atoms with Crippen molar-refractivity contribution in [2.75, 3.05) is 12.3 Å². The zero-order valence-corrected chi connectivity index (χ0v) is 11.3. The fourth-order valence-electron chi connectivity index (χ4n) is 1.56. The molecule has 18 heavy (non-hydrogen) atoms. The molecule has 1 aliphatic rings. The molecule has 6 heteroatoms. The van der Waals surface area contributed by atoms with Crippen LogP contribution in [-0.2, 0) is 14.2 Å². The molecule has 5 nitrogen and oxygen atoms in total. The number of carbonyl (C=O) groups is 1. The zero-order chi connectivity index (χ0) is 13.1. The van der Waals surface area contributed by atoms with Crippen molar-refractivity contribution in [2.24, 2.45) is 0 Å². The number of anilines is 1. The fourth-order valence-corrected chi connectivity index (χ4v) is 2.09. The summed E-state index contributed by atoms with van der Waals surface area (Å²) in [7, 11) is 0. The SMILES string of the molecule is CCOC(=O)c1cc(Br)c(C2OC=CO2)cc1N. The van der Waals surface area contributed by atoms with E-state index in [1.54, 1.807) is 19.1 Å². The minimum atomic E-state index is -0.544. The van der Waals surface area contributed by atoms with Crippen molar-refractivity contribution in [3.63, 3.8) is 0 Å². The average Bonchev–Trinajstić information content (AvgIpc) is 2.85. The number of hydrogen-bond acceptors (Lipinski definition) is 5. The van der Waals surface area contributed by atoms with Crippen LogP contribution in [0.1, 0.15) is 29.1 Å². The van der Waals surface area contributed by atoms with Gasteiger partial charge in [0, 0.05) is 15.7 Å². The third-order valence-electron chi connectivity index (χ3n) is 2.38. The van der Waals surface area contributed by atoms with Crippen LogP contribution < -0.4 is 5.73 Å². The summed E-state index contributed by atoms with van der Waals surface area (Å²) in [5, 5.41) is 0. The highest BCUT2D eigenvalue weighted by Crippen LogP contribution is 2.33. The van der Waals surface area contributed by atoms with E-state index in [1.165, 1.54) is 12.5 Å². The number of rotatable bonds is 3. The van der Waals surface area contributed by atoms with Crippen LogP contribution in [0.4, 0.5) is 5.69 Å². The normalized spacial score (nSPS) is 14.1. The molecule has 0 saturated carbocycles. The summed E-state index contributed by atoms with van der Waals surface area (Å²) in [5.74, 6) is -0.450. The Morgan fingerprint density at radius 3 is 2.72 bits per heavy atom. The van der Waals surface area contributed by atoms with Crippen molar-refractivity contribution in [1.82, 2.24) is 0 Å². The van der Waals surface area contributed by atoms with Crippen LogP contribution in [0.2, 0.25) is 0 Å². The minimum absolute atomic E-state index is 0.302.